The number of carbonyl (C=O) groups excluding carboxylic acids is 4. The fourth-order valence-electron chi connectivity index (χ4n) is 7.99. The summed E-state index contributed by atoms with van der Waals surface area (Å²) in [7, 11) is 0. The standard InChI is InChI=1S/C29H30N4O4/c1-27(2)17-14-15-29(27)21(16-17)31(30(26(29)37)18-10-6-5-7-11-18)25(36)22-28(3,4)33(22)32-23(34)19-12-8-9-13-20(19)24(32)35/h5-13,17,21-22H,14-16H2,1-4H3/t17-,21-,22+,29+,33?/m1/s1. The van der Waals surface area contributed by atoms with Crippen LogP contribution in [-0.4, -0.2) is 56.3 Å². The van der Waals surface area contributed by atoms with Crippen LogP contribution < -0.4 is 5.01 Å². The van der Waals surface area contributed by atoms with Crippen molar-refractivity contribution in [2.45, 2.75) is 64.6 Å². The van der Waals surface area contributed by atoms with Gasteiger partial charge in [-0.3, -0.25) is 19.2 Å². The molecule has 2 aromatic carbocycles. The summed E-state index contributed by atoms with van der Waals surface area (Å²) < 4.78 is 0. The van der Waals surface area contributed by atoms with Gasteiger partial charge in [-0.05, 0) is 68.7 Å². The third-order valence-electron chi connectivity index (χ3n) is 10.1. The molecular weight excluding hydrogens is 468 g/mol. The van der Waals surface area contributed by atoms with Gasteiger partial charge < -0.3 is 0 Å². The van der Waals surface area contributed by atoms with E-state index in [1.807, 2.05) is 44.2 Å². The largest absolute Gasteiger partial charge is 0.276 e. The zero-order chi connectivity index (χ0) is 26.1. The normalized spacial score (nSPS) is 34.3. The predicted octanol–water partition coefficient (Wildman–Crippen LogP) is 3.65. The van der Waals surface area contributed by atoms with E-state index in [4.69, 9.17) is 0 Å². The zero-order valence-corrected chi connectivity index (χ0v) is 21.5. The van der Waals surface area contributed by atoms with Gasteiger partial charge >= 0.3 is 0 Å². The molecule has 0 aromatic heterocycles. The van der Waals surface area contributed by atoms with Crippen LogP contribution in [0.2, 0.25) is 0 Å². The Hall–Kier alpha value is -3.52. The van der Waals surface area contributed by atoms with Gasteiger partial charge in [0.25, 0.3) is 23.6 Å². The fourth-order valence-corrected chi connectivity index (χ4v) is 7.99. The summed E-state index contributed by atoms with van der Waals surface area (Å²) in [5.74, 6) is -0.733. The lowest BCUT2D eigenvalue weighted by Crippen LogP contribution is -2.51. The molecule has 8 heteroatoms. The number of fused-ring (bicyclic) bond motifs is 2. The minimum Gasteiger partial charge on any atom is -0.272 e. The van der Waals surface area contributed by atoms with Crippen molar-refractivity contribution in [2.75, 3.05) is 5.01 Å². The molecule has 1 spiro atoms. The van der Waals surface area contributed by atoms with Crippen LogP contribution >= 0.6 is 0 Å². The predicted molar refractivity (Wildman–Crippen MR) is 135 cm³/mol. The Bertz CT molecular complexity index is 1370. The molecule has 4 amide bonds. The van der Waals surface area contributed by atoms with Crippen molar-refractivity contribution in [1.29, 1.82) is 0 Å². The van der Waals surface area contributed by atoms with Crippen LogP contribution in [-0.2, 0) is 9.59 Å². The summed E-state index contributed by atoms with van der Waals surface area (Å²) in [6.07, 6.45) is 2.52. The van der Waals surface area contributed by atoms with Crippen LogP contribution in [0.25, 0.3) is 0 Å². The Morgan fingerprint density at radius 3 is 2.03 bits per heavy atom. The summed E-state index contributed by atoms with van der Waals surface area (Å²) in [6.45, 7) is 8.08. The van der Waals surface area contributed by atoms with Gasteiger partial charge in [0.2, 0.25) is 0 Å². The van der Waals surface area contributed by atoms with E-state index in [9.17, 15) is 19.2 Å². The molecule has 7 rings (SSSR count). The summed E-state index contributed by atoms with van der Waals surface area (Å²) >= 11 is 0. The lowest BCUT2D eigenvalue weighted by Gasteiger charge is -2.35. The lowest BCUT2D eigenvalue weighted by atomic mass is 9.67. The molecule has 4 fully saturated rings. The monoisotopic (exact) mass is 498 g/mol. The first-order valence-corrected chi connectivity index (χ1v) is 13.0. The smallest absolute Gasteiger partial charge is 0.272 e. The molecule has 5 aliphatic rings. The average molecular weight is 499 g/mol. The van der Waals surface area contributed by atoms with Crippen LogP contribution in [0.1, 0.15) is 67.7 Å². The number of hydrogen-bond acceptors (Lipinski definition) is 5. The first kappa shape index (κ1) is 22.7. The maximum Gasteiger partial charge on any atom is 0.276 e. The Balaban J connectivity index is 1.29. The van der Waals surface area contributed by atoms with Gasteiger partial charge in [0, 0.05) is 0 Å². The van der Waals surface area contributed by atoms with Crippen LogP contribution in [0.4, 0.5) is 5.69 Å². The molecule has 3 heterocycles. The molecule has 2 bridgehead atoms. The van der Waals surface area contributed by atoms with E-state index < -0.39 is 28.8 Å². The van der Waals surface area contributed by atoms with Crippen LogP contribution in [0, 0.1) is 16.7 Å². The van der Waals surface area contributed by atoms with E-state index in [2.05, 4.69) is 13.8 Å². The van der Waals surface area contributed by atoms with Crippen molar-refractivity contribution >= 4 is 29.3 Å². The molecule has 5 atom stereocenters. The number of rotatable bonds is 3. The molecule has 2 aliphatic carbocycles. The SMILES string of the molecule is CC1(C)[C@H](C(=O)N2[C@@H]3C[C@H]4CC[C@]3(C(=O)N2c2ccccc2)C4(C)C)N1N1C(=O)c2ccccc2C1=O. The Labute approximate surface area is 215 Å². The van der Waals surface area contributed by atoms with Gasteiger partial charge in [-0.2, -0.15) is 5.01 Å². The van der Waals surface area contributed by atoms with E-state index >= 15 is 0 Å². The number of imide groups is 1. The number of anilines is 1. The number of hydrazine groups is 2. The molecule has 0 N–H and O–H groups in total. The molecule has 3 aliphatic heterocycles. The maximum absolute atomic E-state index is 14.5. The van der Waals surface area contributed by atoms with Crippen molar-refractivity contribution in [3.8, 4) is 0 Å². The number of nitrogens with zero attached hydrogens (tertiary/aromatic N) is 4. The van der Waals surface area contributed by atoms with Gasteiger partial charge in [-0.25, -0.2) is 15.0 Å². The molecule has 1 unspecified atom stereocenters. The molecule has 2 aromatic rings. The van der Waals surface area contributed by atoms with Crippen molar-refractivity contribution < 1.29 is 19.2 Å². The number of carbonyl (C=O) groups is 4. The van der Waals surface area contributed by atoms with Crippen molar-refractivity contribution in [1.82, 2.24) is 15.0 Å². The third-order valence-corrected chi connectivity index (χ3v) is 10.1. The second-order valence-electron chi connectivity index (χ2n) is 12.2. The minimum absolute atomic E-state index is 0.0206. The van der Waals surface area contributed by atoms with E-state index in [0.717, 1.165) is 24.3 Å². The van der Waals surface area contributed by atoms with Crippen LogP contribution in [0.3, 0.4) is 0 Å². The van der Waals surface area contributed by atoms with Gasteiger partial charge in [-0.15, -0.1) is 0 Å². The quantitative estimate of drug-likeness (QED) is 0.477. The van der Waals surface area contributed by atoms with Gasteiger partial charge in [0.15, 0.2) is 0 Å². The highest BCUT2D eigenvalue weighted by molar-refractivity contribution is 6.21. The first-order valence-electron chi connectivity index (χ1n) is 13.0. The topological polar surface area (TPSA) is 81.0 Å². The number of hydrogen-bond donors (Lipinski definition) is 0. The van der Waals surface area contributed by atoms with Gasteiger partial charge in [0.1, 0.15) is 6.04 Å². The molecule has 2 saturated carbocycles. The van der Waals surface area contributed by atoms with Gasteiger partial charge in [-0.1, -0.05) is 44.2 Å². The second-order valence-corrected chi connectivity index (χ2v) is 12.2. The van der Waals surface area contributed by atoms with Crippen LogP contribution in [0.5, 0.6) is 0 Å². The summed E-state index contributed by atoms with van der Waals surface area (Å²) in [5, 5.41) is 5.99. The first-order chi connectivity index (χ1) is 17.5. The highest BCUT2D eigenvalue weighted by Crippen LogP contribution is 2.70. The minimum atomic E-state index is -0.765. The number of para-hydroxylation sites is 1. The molecule has 0 radical (unpaired) electrons. The van der Waals surface area contributed by atoms with E-state index in [-0.39, 0.29) is 23.3 Å². The van der Waals surface area contributed by atoms with Crippen molar-refractivity contribution in [3.05, 3.63) is 65.7 Å². The molecule has 2 saturated heterocycles. The average Bonchev–Trinajstić information content (AvgIpc) is 3.09. The van der Waals surface area contributed by atoms with E-state index in [0.29, 0.717) is 22.7 Å². The Kier molecular flexibility index (Phi) is 4.20. The fraction of sp³-hybridized carbons (Fsp3) is 0.448. The Morgan fingerprint density at radius 1 is 0.838 bits per heavy atom. The van der Waals surface area contributed by atoms with E-state index in [1.165, 1.54) is 0 Å². The molecular formula is C29H30N4O4. The summed E-state index contributed by atoms with van der Waals surface area (Å²) in [5.41, 5.74) is -0.274. The van der Waals surface area contributed by atoms with Crippen LogP contribution in [0.15, 0.2) is 54.6 Å². The highest BCUT2D eigenvalue weighted by Gasteiger charge is 2.77. The third kappa shape index (κ3) is 2.47. The maximum atomic E-state index is 14.5. The lowest BCUT2D eigenvalue weighted by molar-refractivity contribution is -0.135. The van der Waals surface area contributed by atoms with Gasteiger partial charge in [0.05, 0.1) is 33.8 Å². The molecule has 8 nitrogen and oxygen atoms in total. The number of amides is 4. The highest BCUT2D eigenvalue weighted by atomic mass is 16.2. The number of benzene rings is 2. The Morgan fingerprint density at radius 2 is 1.43 bits per heavy atom. The summed E-state index contributed by atoms with van der Waals surface area (Å²) in [4.78, 5) is 55.3. The molecule has 190 valence electrons. The van der Waals surface area contributed by atoms with Crippen molar-refractivity contribution in [2.24, 2.45) is 16.7 Å². The van der Waals surface area contributed by atoms with E-state index in [1.54, 1.807) is 39.3 Å². The second kappa shape index (κ2) is 6.86. The molecule has 37 heavy (non-hydrogen) atoms. The summed E-state index contributed by atoms with van der Waals surface area (Å²) in [6, 6.07) is 15.1. The zero-order valence-electron chi connectivity index (χ0n) is 21.5. The van der Waals surface area contributed by atoms with Crippen molar-refractivity contribution in [3.63, 3.8) is 0 Å².